The Balaban J connectivity index is 2.24. The van der Waals surface area contributed by atoms with Gasteiger partial charge in [0, 0.05) is 25.7 Å². The van der Waals surface area contributed by atoms with E-state index >= 15 is 0 Å². The molecule has 2 N–H and O–H groups in total. The number of nitrogens with two attached hydrogens (primary N) is 1. The SMILES string of the molecule is CC(CCN)OCP(C)N(C)C/C=C/C(=O)N1CCCCC1. The Morgan fingerprint density at radius 2 is 2.09 bits per heavy atom. The second-order valence-electron chi connectivity index (χ2n) is 5.97. The van der Waals surface area contributed by atoms with Crippen molar-refractivity contribution in [1.29, 1.82) is 0 Å². The number of rotatable bonds is 9. The van der Waals surface area contributed by atoms with Crippen molar-refractivity contribution in [2.24, 2.45) is 5.73 Å². The summed E-state index contributed by atoms with van der Waals surface area (Å²) in [6.07, 6.45) is 9.09. The van der Waals surface area contributed by atoms with Crippen molar-refractivity contribution in [1.82, 2.24) is 9.57 Å². The van der Waals surface area contributed by atoms with Crippen LogP contribution in [-0.2, 0) is 9.53 Å². The highest BCUT2D eigenvalue weighted by Gasteiger charge is 2.14. The standard InChI is InChI=1S/C16H32N3O2P/c1-15(9-10-17)21-14-22(3)18(2)11-7-8-16(20)19-12-5-4-6-13-19/h7-8,15H,4-6,9-14,17H2,1-3H3/b8-7+. The summed E-state index contributed by atoms with van der Waals surface area (Å²) < 4.78 is 8.05. The first-order valence-corrected chi connectivity index (χ1v) is 10.2. The van der Waals surface area contributed by atoms with Gasteiger partial charge >= 0.3 is 0 Å². The Morgan fingerprint density at radius 3 is 2.73 bits per heavy atom. The van der Waals surface area contributed by atoms with E-state index in [-0.39, 0.29) is 20.1 Å². The van der Waals surface area contributed by atoms with Crippen LogP contribution < -0.4 is 5.73 Å². The van der Waals surface area contributed by atoms with Gasteiger partial charge < -0.3 is 15.4 Å². The molecule has 0 aromatic rings. The maximum absolute atomic E-state index is 12.0. The fourth-order valence-electron chi connectivity index (χ4n) is 2.32. The number of piperidine rings is 1. The van der Waals surface area contributed by atoms with Crippen LogP contribution in [0.2, 0.25) is 0 Å². The predicted octanol–water partition coefficient (Wildman–Crippen LogP) is 2.22. The van der Waals surface area contributed by atoms with Crippen LogP contribution in [0.5, 0.6) is 0 Å². The Bertz CT molecular complexity index is 346. The zero-order valence-electron chi connectivity index (χ0n) is 14.3. The molecular formula is C16H32N3O2P. The van der Waals surface area contributed by atoms with E-state index < -0.39 is 0 Å². The van der Waals surface area contributed by atoms with Gasteiger partial charge in [-0.25, -0.2) is 0 Å². The first-order valence-electron chi connectivity index (χ1n) is 8.24. The van der Waals surface area contributed by atoms with Crippen molar-refractivity contribution in [3.05, 3.63) is 12.2 Å². The van der Waals surface area contributed by atoms with E-state index in [2.05, 4.69) is 25.3 Å². The van der Waals surface area contributed by atoms with Crippen LogP contribution in [0.25, 0.3) is 0 Å². The lowest BCUT2D eigenvalue weighted by Crippen LogP contribution is -2.34. The molecule has 0 radical (unpaired) electrons. The molecule has 22 heavy (non-hydrogen) atoms. The Morgan fingerprint density at radius 1 is 1.41 bits per heavy atom. The van der Waals surface area contributed by atoms with Gasteiger partial charge in [0.15, 0.2) is 0 Å². The maximum Gasteiger partial charge on any atom is 0.246 e. The summed E-state index contributed by atoms with van der Waals surface area (Å²) in [7, 11) is 1.75. The number of carbonyl (C=O) groups is 1. The molecule has 1 saturated heterocycles. The minimum atomic E-state index is -0.336. The van der Waals surface area contributed by atoms with E-state index in [0.717, 1.165) is 45.2 Å². The van der Waals surface area contributed by atoms with Crippen LogP contribution in [0.3, 0.4) is 0 Å². The lowest BCUT2D eigenvalue weighted by molar-refractivity contribution is -0.126. The van der Waals surface area contributed by atoms with Crippen molar-refractivity contribution in [2.75, 3.05) is 46.2 Å². The van der Waals surface area contributed by atoms with Crippen LogP contribution in [0.1, 0.15) is 32.6 Å². The average molecular weight is 329 g/mol. The van der Waals surface area contributed by atoms with E-state index in [1.54, 1.807) is 6.08 Å². The lowest BCUT2D eigenvalue weighted by atomic mass is 10.1. The van der Waals surface area contributed by atoms with Gasteiger partial charge in [-0.2, -0.15) is 0 Å². The minimum absolute atomic E-state index is 0.154. The number of hydrogen-bond acceptors (Lipinski definition) is 4. The fraction of sp³-hybridized carbons (Fsp3) is 0.812. The Labute approximate surface area is 136 Å². The number of nitrogens with zero attached hydrogens (tertiary/aromatic N) is 2. The average Bonchev–Trinajstić information content (AvgIpc) is 2.53. The molecule has 0 bridgehead atoms. The molecule has 5 nitrogen and oxygen atoms in total. The van der Waals surface area contributed by atoms with Crippen molar-refractivity contribution < 1.29 is 9.53 Å². The molecule has 1 aliphatic heterocycles. The summed E-state index contributed by atoms with van der Waals surface area (Å²) in [6.45, 7) is 7.53. The molecule has 1 fully saturated rings. The molecule has 1 rings (SSSR count). The molecule has 6 heteroatoms. The topological polar surface area (TPSA) is 58.8 Å². The third-order valence-corrected chi connectivity index (χ3v) is 5.85. The van der Waals surface area contributed by atoms with Gasteiger partial charge in [0.05, 0.1) is 12.5 Å². The summed E-state index contributed by atoms with van der Waals surface area (Å²) in [5.41, 5.74) is 5.52. The summed E-state index contributed by atoms with van der Waals surface area (Å²) in [5.74, 6) is 0.154. The molecule has 0 saturated carbocycles. The van der Waals surface area contributed by atoms with E-state index in [4.69, 9.17) is 10.5 Å². The zero-order chi connectivity index (χ0) is 16.4. The predicted molar refractivity (Wildman–Crippen MR) is 94.1 cm³/mol. The van der Waals surface area contributed by atoms with Crippen LogP contribution in [0.15, 0.2) is 12.2 Å². The van der Waals surface area contributed by atoms with Crippen LogP contribution in [0, 0.1) is 0 Å². The summed E-state index contributed by atoms with van der Waals surface area (Å²) >= 11 is 0. The van der Waals surface area contributed by atoms with Gasteiger partial charge in [0.1, 0.15) is 0 Å². The Hall–Kier alpha value is -0.480. The van der Waals surface area contributed by atoms with Gasteiger partial charge in [-0.3, -0.25) is 9.46 Å². The van der Waals surface area contributed by atoms with Gasteiger partial charge in [-0.1, -0.05) is 6.08 Å². The van der Waals surface area contributed by atoms with Gasteiger partial charge in [0.25, 0.3) is 0 Å². The summed E-state index contributed by atoms with van der Waals surface area (Å²) in [5, 5.41) is 0. The zero-order valence-corrected chi connectivity index (χ0v) is 15.2. The quantitative estimate of drug-likeness (QED) is 0.520. The molecule has 1 amide bonds. The monoisotopic (exact) mass is 329 g/mol. The fourth-order valence-corrected chi connectivity index (χ4v) is 3.36. The van der Waals surface area contributed by atoms with Crippen LogP contribution >= 0.6 is 8.07 Å². The van der Waals surface area contributed by atoms with E-state index in [0.29, 0.717) is 6.54 Å². The summed E-state index contributed by atoms with van der Waals surface area (Å²) in [4.78, 5) is 14.0. The first kappa shape index (κ1) is 19.6. The molecule has 1 aliphatic rings. The molecule has 2 unspecified atom stereocenters. The molecule has 0 spiro atoms. The van der Waals surface area contributed by atoms with E-state index in [9.17, 15) is 4.79 Å². The largest absolute Gasteiger partial charge is 0.373 e. The number of carbonyl (C=O) groups excluding carboxylic acids is 1. The molecule has 2 atom stereocenters. The van der Waals surface area contributed by atoms with Crippen molar-refractivity contribution in [3.63, 3.8) is 0 Å². The molecule has 128 valence electrons. The van der Waals surface area contributed by atoms with Gasteiger partial charge in [-0.05, 0) is 60.9 Å². The lowest BCUT2D eigenvalue weighted by Gasteiger charge is -2.26. The second kappa shape index (κ2) is 11.1. The first-order chi connectivity index (χ1) is 10.5. The maximum atomic E-state index is 12.0. The summed E-state index contributed by atoms with van der Waals surface area (Å²) in [6, 6.07) is 0. The van der Waals surface area contributed by atoms with Gasteiger partial charge in [0.2, 0.25) is 5.91 Å². The van der Waals surface area contributed by atoms with Crippen LogP contribution in [0.4, 0.5) is 0 Å². The number of ether oxygens (including phenoxy) is 1. The molecule has 1 heterocycles. The molecule has 0 aromatic carbocycles. The number of amides is 1. The molecule has 0 aromatic heterocycles. The van der Waals surface area contributed by atoms with E-state index in [1.165, 1.54) is 6.42 Å². The van der Waals surface area contributed by atoms with Crippen LogP contribution in [-0.4, -0.2) is 67.8 Å². The Kier molecular flexibility index (Phi) is 9.89. The second-order valence-corrected chi connectivity index (χ2v) is 8.23. The molecule has 0 aliphatic carbocycles. The van der Waals surface area contributed by atoms with E-state index in [1.807, 2.05) is 11.0 Å². The number of hydrogen-bond donors (Lipinski definition) is 1. The highest BCUT2D eigenvalue weighted by molar-refractivity contribution is 7.54. The number of likely N-dealkylation sites (tertiary alicyclic amines) is 1. The molecular weight excluding hydrogens is 297 g/mol. The third kappa shape index (κ3) is 7.68. The van der Waals surface area contributed by atoms with Gasteiger partial charge in [-0.15, -0.1) is 0 Å². The number of likely N-dealkylation sites (N-methyl/N-ethyl adjacent to an activating group) is 1. The normalized spacial score (nSPS) is 18.9. The van der Waals surface area contributed by atoms with Crippen molar-refractivity contribution >= 4 is 14.0 Å². The highest BCUT2D eigenvalue weighted by Crippen LogP contribution is 2.34. The third-order valence-electron chi connectivity index (χ3n) is 4.00. The highest BCUT2D eigenvalue weighted by atomic mass is 31.1. The minimum Gasteiger partial charge on any atom is -0.373 e. The smallest absolute Gasteiger partial charge is 0.246 e. The van der Waals surface area contributed by atoms with Crippen molar-refractivity contribution in [2.45, 2.75) is 38.7 Å². The van der Waals surface area contributed by atoms with Crippen molar-refractivity contribution in [3.8, 4) is 0 Å².